The molecule has 186 valence electrons. The highest BCUT2D eigenvalue weighted by molar-refractivity contribution is 6.29. The number of hydrogen-bond acceptors (Lipinski definition) is 6. The monoisotopic (exact) mass is 496 g/mol. The normalized spacial score (nSPS) is 13.3. The highest BCUT2D eigenvalue weighted by Gasteiger charge is 2.19. The average Bonchev–Trinajstić information content (AvgIpc) is 2.85. The topological polar surface area (TPSA) is 107 Å². The molecule has 35 heavy (non-hydrogen) atoms. The Morgan fingerprint density at radius 1 is 1.09 bits per heavy atom. The maximum absolute atomic E-state index is 12.5. The van der Waals surface area contributed by atoms with Crippen LogP contribution < -0.4 is 10.6 Å². The van der Waals surface area contributed by atoms with Crippen LogP contribution in [0.2, 0.25) is 5.15 Å². The van der Waals surface area contributed by atoms with Gasteiger partial charge in [0.25, 0.3) is 5.91 Å². The first-order valence-electron chi connectivity index (χ1n) is 11.7. The number of amides is 1. The third-order valence-corrected chi connectivity index (χ3v) is 6.13. The minimum atomic E-state index is -0.986. The maximum atomic E-state index is 12.5. The van der Waals surface area contributed by atoms with E-state index < -0.39 is 11.7 Å². The van der Waals surface area contributed by atoms with Gasteiger partial charge in [-0.2, -0.15) is 0 Å². The van der Waals surface area contributed by atoms with Crippen LogP contribution in [-0.2, 0) is 18.6 Å². The number of pyridine rings is 2. The molecule has 3 aromatic rings. The standard InChI is InChI=1S/C27H33ClN4O3/c1-4-23(25(33)21-9-10-24(28)31-16-21)30-12-11-18-5-7-20(8-6-18)26(34)32-15-19-13-22(17-29-14-19)27(2,3)35/h5-10,13-14,16-17,23,25,30,33,35H,4,11-12,15H2,1-3H3,(H,32,34). The zero-order valence-corrected chi connectivity index (χ0v) is 21.1. The number of nitrogens with zero attached hydrogens (tertiary/aromatic N) is 2. The SMILES string of the molecule is CCC(NCCc1ccc(C(=O)NCc2cncc(C(C)(C)O)c2)cc1)C(O)c1ccc(Cl)nc1. The molecule has 4 N–H and O–H groups in total. The number of benzene rings is 1. The Bertz CT molecular complexity index is 1100. The van der Waals surface area contributed by atoms with Gasteiger partial charge in [0.1, 0.15) is 5.15 Å². The van der Waals surface area contributed by atoms with Gasteiger partial charge < -0.3 is 20.8 Å². The lowest BCUT2D eigenvalue weighted by Crippen LogP contribution is -2.35. The van der Waals surface area contributed by atoms with Gasteiger partial charge in [-0.3, -0.25) is 9.78 Å². The number of hydrogen-bond donors (Lipinski definition) is 4. The van der Waals surface area contributed by atoms with Gasteiger partial charge in [-0.25, -0.2) is 4.98 Å². The van der Waals surface area contributed by atoms with E-state index in [1.807, 2.05) is 37.3 Å². The summed E-state index contributed by atoms with van der Waals surface area (Å²) in [5, 5.41) is 27.5. The van der Waals surface area contributed by atoms with E-state index in [0.717, 1.165) is 29.5 Å². The lowest BCUT2D eigenvalue weighted by atomic mass is 9.99. The first kappa shape index (κ1) is 26.8. The predicted molar refractivity (Wildman–Crippen MR) is 137 cm³/mol. The Balaban J connectivity index is 1.48. The van der Waals surface area contributed by atoms with Gasteiger partial charge in [0.2, 0.25) is 0 Å². The Hall–Kier alpha value is -2.84. The third-order valence-electron chi connectivity index (χ3n) is 5.90. The Morgan fingerprint density at radius 2 is 1.83 bits per heavy atom. The number of aliphatic hydroxyl groups excluding tert-OH is 1. The van der Waals surface area contributed by atoms with Crippen LogP contribution in [0.1, 0.15) is 65.9 Å². The fourth-order valence-electron chi connectivity index (χ4n) is 3.70. The van der Waals surface area contributed by atoms with Crippen molar-refractivity contribution in [1.82, 2.24) is 20.6 Å². The van der Waals surface area contributed by atoms with E-state index in [2.05, 4.69) is 20.6 Å². The highest BCUT2D eigenvalue weighted by atomic mass is 35.5. The maximum Gasteiger partial charge on any atom is 0.251 e. The summed E-state index contributed by atoms with van der Waals surface area (Å²) in [6.45, 7) is 6.43. The first-order chi connectivity index (χ1) is 16.7. The fourth-order valence-corrected chi connectivity index (χ4v) is 3.81. The van der Waals surface area contributed by atoms with Crippen molar-refractivity contribution in [1.29, 1.82) is 0 Å². The zero-order chi connectivity index (χ0) is 25.4. The second-order valence-electron chi connectivity index (χ2n) is 9.10. The number of carbonyl (C=O) groups is 1. The van der Waals surface area contributed by atoms with Crippen molar-refractivity contribution in [3.05, 3.63) is 94.0 Å². The molecule has 1 amide bonds. The molecule has 0 spiro atoms. The Labute approximate surface area is 211 Å². The molecule has 1 aromatic carbocycles. The summed E-state index contributed by atoms with van der Waals surface area (Å²) in [7, 11) is 0. The van der Waals surface area contributed by atoms with Crippen LogP contribution in [-0.4, -0.2) is 38.7 Å². The Kier molecular flexibility index (Phi) is 9.34. The van der Waals surface area contributed by atoms with Gasteiger partial charge in [-0.1, -0.05) is 36.7 Å². The molecule has 8 heteroatoms. The molecule has 0 aliphatic heterocycles. The van der Waals surface area contributed by atoms with Gasteiger partial charge in [0.05, 0.1) is 11.7 Å². The summed E-state index contributed by atoms with van der Waals surface area (Å²) in [4.78, 5) is 20.7. The Morgan fingerprint density at radius 3 is 2.46 bits per heavy atom. The molecule has 0 aliphatic rings. The highest BCUT2D eigenvalue weighted by Crippen LogP contribution is 2.20. The number of rotatable bonds is 11. The van der Waals surface area contributed by atoms with Crippen molar-refractivity contribution in [3.8, 4) is 0 Å². The molecule has 0 radical (unpaired) electrons. The van der Waals surface area contributed by atoms with Crippen molar-refractivity contribution < 1.29 is 15.0 Å². The molecular formula is C27H33ClN4O3. The van der Waals surface area contributed by atoms with E-state index in [1.165, 1.54) is 0 Å². The first-order valence-corrected chi connectivity index (χ1v) is 12.1. The number of halogens is 1. The van der Waals surface area contributed by atoms with E-state index in [1.54, 1.807) is 44.6 Å². The summed E-state index contributed by atoms with van der Waals surface area (Å²) in [6, 6.07) is 12.7. The molecule has 2 heterocycles. The van der Waals surface area contributed by atoms with Crippen molar-refractivity contribution in [2.45, 2.75) is 57.9 Å². The molecule has 0 fully saturated rings. The molecule has 0 bridgehead atoms. The molecule has 0 saturated carbocycles. The molecule has 2 unspecified atom stereocenters. The van der Waals surface area contributed by atoms with E-state index >= 15 is 0 Å². The van der Waals surface area contributed by atoms with E-state index in [0.29, 0.717) is 29.4 Å². The van der Waals surface area contributed by atoms with Crippen LogP contribution >= 0.6 is 11.6 Å². The van der Waals surface area contributed by atoms with Crippen molar-refractivity contribution in [2.24, 2.45) is 0 Å². The molecule has 3 rings (SSSR count). The second kappa shape index (κ2) is 12.2. The molecule has 2 atom stereocenters. The summed E-state index contributed by atoms with van der Waals surface area (Å²) < 4.78 is 0. The van der Waals surface area contributed by atoms with Crippen molar-refractivity contribution in [2.75, 3.05) is 6.54 Å². The average molecular weight is 497 g/mol. The number of aliphatic hydroxyl groups is 2. The quantitative estimate of drug-likeness (QED) is 0.300. The van der Waals surface area contributed by atoms with E-state index in [-0.39, 0.29) is 11.9 Å². The molecule has 0 saturated heterocycles. The summed E-state index contributed by atoms with van der Waals surface area (Å²) in [6.07, 6.45) is 5.75. The molecular weight excluding hydrogens is 464 g/mol. The largest absolute Gasteiger partial charge is 0.387 e. The van der Waals surface area contributed by atoms with Gasteiger partial charge in [-0.15, -0.1) is 0 Å². The minimum absolute atomic E-state index is 0.104. The van der Waals surface area contributed by atoms with Crippen LogP contribution in [0.25, 0.3) is 0 Å². The summed E-state index contributed by atoms with van der Waals surface area (Å²) in [5.74, 6) is -0.172. The predicted octanol–water partition coefficient (Wildman–Crippen LogP) is 3.93. The number of aromatic nitrogens is 2. The smallest absolute Gasteiger partial charge is 0.251 e. The zero-order valence-electron chi connectivity index (χ0n) is 20.3. The second-order valence-corrected chi connectivity index (χ2v) is 9.49. The van der Waals surface area contributed by atoms with Crippen molar-refractivity contribution in [3.63, 3.8) is 0 Å². The summed E-state index contributed by atoms with van der Waals surface area (Å²) in [5.41, 5.74) is 2.93. The van der Waals surface area contributed by atoms with Crippen LogP contribution in [0.3, 0.4) is 0 Å². The van der Waals surface area contributed by atoms with Crippen LogP contribution in [0, 0.1) is 0 Å². The van der Waals surface area contributed by atoms with E-state index in [9.17, 15) is 15.0 Å². The third kappa shape index (κ3) is 7.83. The van der Waals surface area contributed by atoms with Crippen LogP contribution in [0.5, 0.6) is 0 Å². The van der Waals surface area contributed by atoms with Gasteiger partial charge in [0, 0.05) is 47.9 Å². The van der Waals surface area contributed by atoms with Gasteiger partial charge >= 0.3 is 0 Å². The molecule has 0 aliphatic carbocycles. The lowest BCUT2D eigenvalue weighted by molar-refractivity contribution is 0.0781. The molecule has 7 nitrogen and oxygen atoms in total. The van der Waals surface area contributed by atoms with Crippen molar-refractivity contribution >= 4 is 17.5 Å². The lowest BCUT2D eigenvalue weighted by Gasteiger charge is -2.23. The van der Waals surface area contributed by atoms with Gasteiger partial charge in [0.15, 0.2) is 0 Å². The number of carbonyl (C=O) groups excluding carboxylic acids is 1. The number of nitrogens with one attached hydrogen (secondary N) is 2. The molecule has 2 aromatic heterocycles. The fraction of sp³-hybridized carbons (Fsp3) is 0.370. The van der Waals surface area contributed by atoms with Crippen LogP contribution in [0.4, 0.5) is 0 Å². The summed E-state index contributed by atoms with van der Waals surface area (Å²) >= 11 is 5.83. The van der Waals surface area contributed by atoms with Gasteiger partial charge in [-0.05, 0) is 68.6 Å². The van der Waals surface area contributed by atoms with Crippen LogP contribution in [0.15, 0.2) is 61.1 Å². The minimum Gasteiger partial charge on any atom is -0.387 e. The van der Waals surface area contributed by atoms with E-state index in [4.69, 9.17) is 11.6 Å².